The van der Waals surface area contributed by atoms with E-state index in [-0.39, 0.29) is 17.2 Å². The van der Waals surface area contributed by atoms with Crippen LogP contribution in [0.1, 0.15) is 11.6 Å². The van der Waals surface area contributed by atoms with Crippen LogP contribution in [0.2, 0.25) is 0 Å². The minimum atomic E-state index is -5.20. The molecule has 5 aromatic rings. The molecule has 1 aliphatic heterocycles. The number of ether oxygens (including phenoxy) is 1. The molecule has 1 fully saturated rings. The summed E-state index contributed by atoms with van der Waals surface area (Å²) in [6.07, 6.45) is 0. The average Bonchev–Trinajstić information content (AvgIpc) is 3.24. The second-order valence-corrected chi connectivity index (χ2v) is 10.3. The van der Waals surface area contributed by atoms with E-state index < -0.39 is 10.5 Å². The standard InChI is InChI=1S/C27H21FN4O5S/c1-31-13-17(14-31)32-23-10-20(16-4-3-5-18(9-16)37-38(28,34)35)24(36-2)11-21(23)26(33)25-19-7-6-15(12-29)8-22(19)30-27(25)32/h3-11,17,30H,13-14H2,1-2H3. The molecule has 3 heterocycles. The van der Waals surface area contributed by atoms with Crippen LogP contribution in [-0.2, 0) is 10.5 Å². The highest BCUT2D eigenvalue weighted by atomic mass is 32.3. The number of likely N-dealkylation sites (N-methyl/N-ethyl adjacent to an activating group) is 1. The van der Waals surface area contributed by atoms with E-state index >= 15 is 0 Å². The normalized spacial score (nSPS) is 14.6. The van der Waals surface area contributed by atoms with E-state index in [1.54, 1.807) is 36.4 Å². The summed E-state index contributed by atoms with van der Waals surface area (Å²) in [5.41, 5.74) is 3.40. The van der Waals surface area contributed by atoms with Crippen molar-refractivity contribution in [3.8, 4) is 28.7 Å². The van der Waals surface area contributed by atoms with Gasteiger partial charge in [-0.15, -0.1) is 0 Å². The lowest BCUT2D eigenvalue weighted by atomic mass is 9.99. The predicted molar refractivity (Wildman–Crippen MR) is 141 cm³/mol. The quantitative estimate of drug-likeness (QED) is 0.336. The first-order chi connectivity index (χ1) is 18.2. The topological polar surface area (TPSA) is 117 Å². The number of methoxy groups -OCH3 is 1. The van der Waals surface area contributed by atoms with E-state index in [2.05, 4.69) is 24.7 Å². The van der Waals surface area contributed by atoms with Gasteiger partial charge in [0.2, 0.25) is 0 Å². The molecule has 38 heavy (non-hydrogen) atoms. The fraction of sp³-hybridized carbons (Fsp3) is 0.185. The Morgan fingerprint density at radius 1 is 1.11 bits per heavy atom. The van der Waals surface area contributed by atoms with Gasteiger partial charge in [0.15, 0.2) is 5.43 Å². The van der Waals surface area contributed by atoms with Crippen molar-refractivity contribution in [2.75, 3.05) is 27.2 Å². The average molecular weight is 533 g/mol. The second-order valence-electron chi connectivity index (χ2n) is 9.37. The van der Waals surface area contributed by atoms with Gasteiger partial charge in [-0.2, -0.15) is 13.7 Å². The monoisotopic (exact) mass is 532 g/mol. The van der Waals surface area contributed by atoms with Crippen molar-refractivity contribution in [1.29, 1.82) is 5.26 Å². The van der Waals surface area contributed by atoms with Crippen molar-refractivity contribution >= 4 is 43.3 Å². The number of fused-ring (bicyclic) bond motifs is 4. The summed E-state index contributed by atoms with van der Waals surface area (Å²) in [5.74, 6) is 0.197. The number of nitrogens with one attached hydrogen (secondary N) is 1. The third-order valence-corrected chi connectivity index (χ3v) is 7.34. The number of nitriles is 1. The molecule has 0 aliphatic carbocycles. The van der Waals surface area contributed by atoms with Gasteiger partial charge in [-0.05, 0) is 49.0 Å². The zero-order chi connectivity index (χ0) is 26.8. The fourth-order valence-corrected chi connectivity index (χ4v) is 5.64. The maximum Gasteiger partial charge on any atom is 0.488 e. The number of benzene rings is 3. The minimum absolute atomic E-state index is 0.0710. The Bertz CT molecular complexity index is 1990. The molecule has 3 aromatic carbocycles. The van der Waals surface area contributed by atoms with Crippen LogP contribution >= 0.6 is 0 Å². The highest BCUT2D eigenvalue weighted by molar-refractivity contribution is 7.81. The first-order valence-electron chi connectivity index (χ1n) is 11.7. The van der Waals surface area contributed by atoms with Crippen LogP contribution in [0.5, 0.6) is 11.5 Å². The summed E-state index contributed by atoms with van der Waals surface area (Å²) in [7, 11) is -1.71. The zero-order valence-corrected chi connectivity index (χ0v) is 21.2. The second kappa shape index (κ2) is 8.58. The van der Waals surface area contributed by atoms with Gasteiger partial charge in [0.25, 0.3) is 0 Å². The molecule has 0 amide bonds. The van der Waals surface area contributed by atoms with Crippen LogP contribution in [0, 0.1) is 11.3 Å². The first kappa shape index (κ1) is 24.0. The smallest absolute Gasteiger partial charge is 0.488 e. The number of nitrogens with zero attached hydrogens (tertiary/aromatic N) is 3. The molecule has 0 spiro atoms. The van der Waals surface area contributed by atoms with Crippen LogP contribution < -0.4 is 14.3 Å². The number of hydrogen-bond acceptors (Lipinski definition) is 7. The number of H-pyrrole nitrogens is 1. The zero-order valence-electron chi connectivity index (χ0n) is 20.4. The summed E-state index contributed by atoms with van der Waals surface area (Å²) in [6, 6.07) is 16.9. The van der Waals surface area contributed by atoms with Gasteiger partial charge in [-0.3, -0.25) is 4.79 Å². The highest BCUT2D eigenvalue weighted by Crippen LogP contribution is 2.39. The maximum absolute atomic E-state index is 13.9. The summed E-state index contributed by atoms with van der Waals surface area (Å²) >= 11 is 0. The molecule has 0 unspecified atom stereocenters. The fourth-order valence-electron chi connectivity index (χ4n) is 5.30. The minimum Gasteiger partial charge on any atom is -0.496 e. The van der Waals surface area contributed by atoms with Crippen LogP contribution in [0.3, 0.4) is 0 Å². The molecular formula is C27H21FN4O5S. The van der Waals surface area contributed by atoms with Gasteiger partial charge in [-0.25, -0.2) is 0 Å². The van der Waals surface area contributed by atoms with Crippen molar-refractivity contribution < 1.29 is 21.2 Å². The molecule has 0 saturated carbocycles. The van der Waals surface area contributed by atoms with E-state index in [1.165, 1.54) is 19.2 Å². The molecule has 0 bridgehead atoms. The van der Waals surface area contributed by atoms with Gasteiger partial charge in [-0.1, -0.05) is 22.1 Å². The van der Waals surface area contributed by atoms with Crippen molar-refractivity contribution in [2.45, 2.75) is 6.04 Å². The Hall–Kier alpha value is -4.40. The van der Waals surface area contributed by atoms with Crippen LogP contribution in [-0.4, -0.2) is 50.1 Å². The summed E-state index contributed by atoms with van der Waals surface area (Å²) in [6.45, 7) is 1.54. The molecule has 9 nitrogen and oxygen atoms in total. The third kappa shape index (κ3) is 3.86. The molecule has 6 rings (SSSR count). The van der Waals surface area contributed by atoms with Crippen LogP contribution in [0.25, 0.3) is 44.0 Å². The highest BCUT2D eigenvalue weighted by Gasteiger charge is 2.29. The summed E-state index contributed by atoms with van der Waals surface area (Å²) in [5, 5.41) is 11.1. The number of rotatable bonds is 5. The van der Waals surface area contributed by atoms with E-state index in [9.17, 15) is 22.4 Å². The summed E-state index contributed by atoms with van der Waals surface area (Å²) < 4.78 is 47.4. The molecule has 192 valence electrons. The Kier molecular flexibility index (Phi) is 5.41. The van der Waals surface area contributed by atoms with Crippen molar-refractivity contribution in [3.05, 3.63) is 70.4 Å². The van der Waals surface area contributed by atoms with E-state index in [0.717, 1.165) is 18.5 Å². The number of likely N-dealkylation sites (tertiary alicyclic amines) is 1. The number of hydrogen-bond donors (Lipinski definition) is 1. The molecule has 0 radical (unpaired) electrons. The first-order valence-corrected chi connectivity index (χ1v) is 13.0. The van der Waals surface area contributed by atoms with E-state index in [4.69, 9.17) is 4.74 Å². The molecule has 0 atom stereocenters. The van der Waals surface area contributed by atoms with Gasteiger partial charge in [0.1, 0.15) is 17.1 Å². The van der Waals surface area contributed by atoms with Crippen molar-refractivity contribution in [1.82, 2.24) is 14.5 Å². The number of pyridine rings is 1. The predicted octanol–water partition coefficient (Wildman–Crippen LogP) is 4.26. The summed E-state index contributed by atoms with van der Waals surface area (Å²) in [4.78, 5) is 19.4. The van der Waals surface area contributed by atoms with Gasteiger partial charge in [0, 0.05) is 29.6 Å². The lowest BCUT2D eigenvalue weighted by molar-refractivity contribution is 0.146. The Morgan fingerprint density at radius 2 is 1.89 bits per heavy atom. The van der Waals surface area contributed by atoms with Gasteiger partial charge in [0.05, 0.1) is 41.1 Å². The Balaban J connectivity index is 1.68. The number of aromatic nitrogens is 2. The lowest BCUT2D eigenvalue weighted by Gasteiger charge is -2.39. The van der Waals surface area contributed by atoms with E-state index in [1.807, 2.05) is 13.1 Å². The molecule has 1 aliphatic rings. The lowest BCUT2D eigenvalue weighted by Crippen LogP contribution is -2.45. The van der Waals surface area contributed by atoms with E-state index in [0.29, 0.717) is 49.9 Å². The maximum atomic E-state index is 13.9. The van der Waals surface area contributed by atoms with Crippen LogP contribution in [0.15, 0.2) is 59.4 Å². The molecule has 11 heteroatoms. The Labute approximate surface area is 216 Å². The largest absolute Gasteiger partial charge is 0.496 e. The SMILES string of the molecule is COc1cc2c(=O)c3c4ccc(C#N)cc4[nH]c3n(C3CN(C)C3)c2cc1-c1cccc(OS(=O)(=O)F)c1. The number of halogens is 1. The van der Waals surface area contributed by atoms with Crippen molar-refractivity contribution in [3.63, 3.8) is 0 Å². The van der Waals surface area contributed by atoms with Crippen molar-refractivity contribution in [2.24, 2.45) is 0 Å². The number of aromatic amines is 1. The van der Waals surface area contributed by atoms with Gasteiger partial charge >= 0.3 is 10.5 Å². The molecular weight excluding hydrogens is 511 g/mol. The van der Waals surface area contributed by atoms with Gasteiger partial charge < -0.3 is 23.4 Å². The molecule has 1 saturated heterocycles. The molecule has 2 aromatic heterocycles. The Morgan fingerprint density at radius 3 is 2.58 bits per heavy atom. The van der Waals surface area contributed by atoms with Crippen LogP contribution in [0.4, 0.5) is 3.89 Å². The molecule has 1 N–H and O–H groups in total. The third-order valence-electron chi connectivity index (χ3n) is 6.95.